The largest absolute Gasteiger partial charge is 0.393 e. The lowest BCUT2D eigenvalue weighted by molar-refractivity contribution is 0.0263. The van der Waals surface area contributed by atoms with Crippen molar-refractivity contribution in [3.63, 3.8) is 0 Å². The lowest BCUT2D eigenvalue weighted by Gasteiger charge is -2.34. The third kappa shape index (κ3) is 2.71. The number of H-pyrrole nitrogens is 1. The maximum atomic E-state index is 11.9. The number of amides is 1. The standard InChI is InChI=1S/C11H15N3O3/c1-14(6-7-4-8(15)5-7)11(17)9-2-3-10(16)13-12-9/h2-3,7-8,15H,4-6H2,1H3,(H,13,16). The molecule has 6 nitrogen and oxygen atoms in total. The van der Waals surface area contributed by atoms with E-state index in [4.69, 9.17) is 5.11 Å². The Balaban J connectivity index is 1.94. The molecule has 1 fully saturated rings. The fourth-order valence-corrected chi connectivity index (χ4v) is 1.98. The van der Waals surface area contributed by atoms with Crippen molar-refractivity contribution < 1.29 is 9.90 Å². The van der Waals surface area contributed by atoms with Crippen LogP contribution in [0.5, 0.6) is 0 Å². The lowest BCUT2D eigenvalue weighted by atomic mass is 9.82. The van der Waals surface area contributed by atoms with Gasteiger partial charge in [0.1, 0.15) is 5.69 Å². The molecule has 0 radical (unpaired) electrons. The van der Waals surface area contributed by atoms with Crippen LogP contribution in [0.2, 0.25) is 0 Å². The minimum Gasteiger partial charge on any atom is -0.393 e. The van der Waals surface area contributed by atoms with Crippen LogP contribution in [-0.4, -0.2) is 45.8 Å². The first-order valence-electron chi connectivity index (χ1n) is 5.55. The first-order valence-corrected chi connectivity index (χ1v) is 5.55. The second kappa shape index (κ2) is 4.67. The molecule has 0 unspecified atom stereocenters. The van der Waals surface area contributed by atoms with Gasteiger partial charge in [-0.1, -0.05) is 0 Å². The minimum atomic E-state index is -0.327. The van der Waals surface area contributed by atoms with Crippen LogP contribution in [0.1, 0.15) is 23.3 Å². The van der Waals surface area contributed by atoms with Crippen molar-refractivity contribution in [1.82, 2.24) is 15.1 Å². The molecule has 92 valence electrons. The summed E-state index contributed by atoms with van der Waals surface area (Å²) in [5.41, 5.74) is -0.0988. The Morgan fingerprint density at radius 1 is 1.59 bits per heavy atom. The van der Waals surface area contributed by atoms with Gasteiger partial charge in [-0.2, -0.15) is 5.10 Å². The molecule has 0 saturated heterocycles. The molecule has 0 atom stereocenters. The lowest BCUT2D eigenvalue weighted by Crippen LogP contribution is -2.39. The number of nitrogens with one attached hydrogen (secondary N) is 1. The molecule has 1 aromatic heterocycles. The quantitative estimate of drug-likeness (QED) is 0.749. The number of aromatic amines is 1. The Bertz CT molecular complexity index is 445. The van der Waals surface area contributed by atoms with Gasteiger partial charge in [0, 0.05) is 19.7 Å². The Morgan fingerprint density at radius 2 is 2.29 bits per heavy atom. The van der Waals surface area contributed by atoms with Gasteiger partial charge in [0.2, 0.25) is 0 Å². The van der Waals surface area contributed by atoms with Gasteiger partial charge in [-0.25, -0.2) is 5.10 Å². The van der Waals surface area contributed by atoms with Crippen molar-refractivity contribution >= 4 is 5.91 Å². The number of aliphatic hydroxyl groups is 1. The van der Waals surface area contributed by atoms with E-state index in [2.05, 4.69) is 10.2 Å². The Hall–Kier alpha value is -1.69. The molecule has 6 heteroatoms. The maximum absolute atomic E-state index is 11.9. The highest BCUT2D eigenvalue weighted by Crippen LogP contribution is 2.27. The average molecular weight is 237 g/mol. The van der Waals surface area contributed by atoms with Gasteiger partial charge >= 0.3 is 0 Å². The van der Waals surface area contributed by atoms with E-state index in [1.165, 1.54) is 12.1 Å². The maximum Gasteiger partial charge on any atom is 0.274 e. The Kier molecular flexibility index (Phi) is 3.23. The van der Waals surface area contributed by atoms with Crippen molar-refractivity contribution in [3.8, 4) is 0 Å². The Morgan fingerprint density at radius 3 is 2.82 bits per heavy atom. The molecule has 0 bridgehead atoms. The van der Waals surface area contributed by atoms with Crippen molar-refractivity contribution in [2.75, 3.05) is 13.6 Å². The van der Waals surface area contributed by atoms with E-state index in [0.717, 1.165) is 12.8 Å². The van der Waals surface area contributed by atoms with Crippen molar-refractivity contribution in [2.45, 2.75) is 18.9 Å². The monoisotopic (exact) mass is 237 g/mol. The normalized spacial score (nSPS) is 22.9. The first kappa shape index (κ1) is 11.8. The summed E-state index contributed by atoms with van der Waals surface area (Å²) in [5.74, 6) is 0.143. The van der Waals surface area contributed by atoms with E-state index in [-0.39, 0.29) is 23.3 Å². The number of aliphatic hydroxyl groups excluding tert-OH is 1. The summed E-state index contributed by atoms with van der Waals surface area (Å²) < 4.78 is 0. The summed E-state index contributed by atoms with van der Waals surface area (Å²) in [4.78, 5) is 24.3. The molecule has 0 spiro atoms. The van der Waals surface area contributed by atoms with Crippen LogP contribution in [0.4, 0.5) is 0 Å². The Labute approximate surface area is 98.3 Å². The zero-order valence-corrected chi connectivity index (χ0v) is 9.59. The molecule has 2 rings (SSSR count). The van der Waals surface area contributed by atoms with Gasteiger partial charge in [-0.05, 0) is 24.8 Å². The van der Waals surface area contributed by atoms with Gasteiger partial charge < -0.3 is 10.0 Å². The minimum absolute atomic E-state index is 0.213. The van der Waals surface area contributed by atoms with Gasteiger partial charge in [-0.3, -0.25) is 9.59 Å². The summed E-state index contributed by atoms with van der Waals surface area (Å²) in [6.45, 7) is 0.608. The molecule has 1 aliphatic rings. The first-order chi connectivity index (χ1) is 8.06. The van der Waals surface area contributed by atoms with Crippen molar-refractivity contribution in [1.29, 1.82) is 0 Å². The molecule has 1 saturated carbocycles. The molecule has 1 heterocycles. The SMILES string of the molecule is CN(CC1CC(O)C1)C(=O)c1ccc(=O)[nH]n1. The number of rotatable bonds is 3. The highest BCUT2D eigenvalue weighted by Gasteiger charge is 2.29. The van der Waals surface area contributed by atoms with Crippen LogP contribution in [0, 0.1) is 5.92 Å². The highest BCUT2D eigenvalue weighted by molar-refractivity contribution is 5.91. The van der Waals surface area contributed by atoms with Crippen molar-refractivity contribution in [2.24, 2.45) is 5.92 Å². The van der Waals surface area contributed by atoms with Gasteiger partial charge in [0.15, 0.2) is 0 Å². The fourth-order valence-electron chi connectivity index (χ4n) is 1.98. The summed E-state index contributed by atoms with van der Waals surface area (Å²) >= 11 is 0. The zero-order valence-electron chi connectivity index (χ0n) is 9.59. The third-order valence-corrected chi connectivity index (χ3v) is 2.99. The number of carbonyl (C=O) groups excluding carboxylic acids is 1. The van der Waals surface area contributed by atoms with Crippen LogP contribution < -0.4 is 5.56 Å². The smallest absolute Gasteiger partial charge is 0.274 e. The van der Waals surface area contributed by atoms with Gasteiger partial charge in [0.25, 0.3) is 11.5 Å². The topological polar surface area (TPSA) is 86.3 Å². The number of nitrogens with zero attached hydrogens (tertiary/aromatic N) is 2. The third-order valence-electron chi connectivity index (χ3n) is 2.99. The predicted octanol–water partition coefficient (Wildman–Crippen LogP) is -0.387. The molecule has 17 heavy (non-hydrogen) atoms. The average Bonchev–Trinajstić information content (AvgIpc) is 2.27. The number of hydrogen-bond donors (Lipinski definition) is 2. The molecule has 0 aromatic carbocycles. The molecular weight excluding hydrogens is 222 g/mol. The summed E-state index contributed by atoms with van der Waals surface area (Å²) in [6, 6.07) is 2.69. The molecule has 0 aliphatic heterocycles. The van der Waals surface area contributed by atoms with E-state index in [0.29, 0.717) is 12.5 Å². The van der Waals surface area contributed by atoms with E-state index in [1.54, 1.807) is 11.9 Å². The van der Waals surface area contributed by atoms with E-state index in [9.17, 15) is 9.59 Å². The molecular formula is C11H15N3O3. The molecule has 1 aromatic rings. The van der Waals surface area contributed by atoms with E-state index in [1.807, 2.05) is 0 Å². The van der Waals surface area contributed by atoms with Crippen molar-refractivity contribution in [3.05, 3.63) is 28.2 Å². The zero-order chi connectivity index (χ0) is 12.4. The van der Waals surface area contributed by atoms with Crippen LogP contribution in [0.3, 0.4) is 0 Å². The van der Waals surface area contributed by atoms with Crippen LogP contribution in [-0.2, 0) is 0 Å². The summed E-state index contributed by atoms with van der Waals surface area (Å²) in [5, 5.41) is 15.1. The van der Waals surface area contributed by atoms with Crippen LogP contribution in [0.25, 0.3) is 0 Å². The van der Waals surface area contributed by atoms with Crippen LogP contribution >= 0.6 is 0 Å². The fraction of sp³-hybridized carbons (Fsp3) is 0.545. The molecule has 1 amide bonds. The number of carbonyl (C=O) groups is 1. The summed E-state index contributed by atoms with van der Waals surface area (Å²) in [6.07, 6.45) is 1.28. The number of hydrogen-bond acceptors (Lipinski definition) is 4. The molecule has 2 N–H and O–H groups in total. The number of aromatic nitrogens is 2. The predicted molar refractivity (Wildman–Crippen MR) is 60.5 cm³/mol. The van der Waals surface area contributed by atoms with Gasteiger partial charge in [0.05, 0.1) is 6.10 Å². The second-order valence-electron chi connectivity index (χ2n) is 4.48. The van der Waals surface area contributed by atoms with E-state index < -0.39 is 0 Å². The van der Waals surface area contributed by atoms with Crippen LogP contribution in [0.15, 0.2) is 16.9 Å². The van der Waals surface area contributed by atoms with E-state index >= 15 is 0 Å². The molecule has 1 aliphatic carbocycles. The second-order valence-corrected chi connectivity index (χ2v) is 4.48. The highest BCUT2D eigenvalue weighted by atomic mass is 16.3. The summed E-state index contributed by atoms with van der Waals surface area (Å²) in [7, 11) is 1.69. The van der Waals surface area contributed by atoms with Gasteiger partial charge in [-0.15, -0.1) is 0 Å².